The van der Waals surface area contributed by atoms with Crippen LogP contribution >= 0.6 is 22.9 Å². The van der Waals surface area contributed by atoms with Crippen LogP contribution in [0.1, 0.15) is 11.3 Å². The van der Waals surface area contributed by atoms with Gasteiger partial charge in [0.1, 0.15) is 16.0 Å². The highest BCUT2D eigenvalue weighted by molar-refractivity contribution is 7.20. The average molecular weight is 398 g/mol. The van der Waals surface area contributed by atoms with Gasteiger partial charge in [0.2, 0.25) is 0 Å². The Balaban J connectivity index is 1.80. The summed E-state index contributed by atoms with van der Waals surface area (Å²) in [4.78, 5) is 0. The fraction of sp³-hybridized carbons (Fsp3) is 0.294. The summed E-state index contributed by atoms with van der Waals surface area (Å²) in [5.74, 6) is -1.20. The molecule has 138 valence electrons. The van der Waals surface area contributed by atoms with Gasteiger partial charge < -0.3 is 11.1 Å². The van der Waals surface area contributed by atoms with E-state index in [1.54, 1.807) is 11.7 Å². The molecule has 3 N–H and O–H groups in total. The molecule has 0 aliphatic heterocycles. The van der Waals surface area contributed by atoms with Crippen LogP contribution in [-0.2, 0) is 13.5 Å². The van der Waals surface area contributed by atoms with Crippen molar-refractivity contribution in [3.63, 3.8) is 0 Å². The average Bonchev–Trinajstić information content (AvgIpc) is 3.07. The van der Waals surface area contributed by atoms with Crippen molar-refractivity contribution in [2.75, 3.05) is 11.9 Å². The summed E-state index contributed by atoms with van der Waals surface area (Å²) >= 11 is 7.76. The topological polar surface area (TPSA) is 68.8 Å². The minimum Gasteiger partial charge on any atom is -0.373 e. The maximum atomic E-state index is 13.4. The van der Waals surface area contributed by atoms with E-state index in [9.17, 15) is 8.78 Å². The Hall–Kier alpha value is -2.03. The second kappa shape index (κ2) is 7.69. The third kappa shape index (κ3) is 4.03. The molecule has 1 aromatic carbocycles. The van der Waals surface area contributed by atoms with Crippen molar-refractivity contribution in [3.8, 4) is 11.3 Å². The SMILES string of the molecule is Cc1nnn(C)c1-c1cc(N[C@H](CN)Cc2cc(F)cc(F)c2)sc1Cl. The quantitative estimate of drug-likeness (QED) is 0.664. The zero-order valence-corrected chi connectivity index (χ0v) is 15.8. The lowest BCUT2D eigenvalue weighted by Gasteiger charge is -2.17. The van der Waals surface area contributed by atoms with Gasteiger partial charge in [0.25, 0.3) is 0 Å². The lowest BCUT2D eigenvalue weighted by atomic mass is 10.1. The monoisotopic (exact) mass is 397 g/mol. The molecule has 3 rings (SSSR count). The van der Waals surface area contributed by atoms with Crippen LogP contribution in [0.15, 0.2) is 24.3 Å². The molecule has 9 heteroatoms. The Labute approximate surface area is 158 Å². The molecule has 0 spiro atoms. The number of anilines is 1. The minimum absolute atomic E-state index is 0.190. The van der Waals surface area contributed by atoms with Gasteiger partial charge in [-0.2, -0.15) is 0 Å². The molecule has 0 bridgehead atoms. The van der Waals surface area contributed by atoms with E-state index in [-0.39, 0.29) is 6.04 Å². The molecular formula is C17H18ClF2N5S. The summed E-state index contributed by atoms with van der Waals surface area (Å²) in [6.07, 6.45) is 0.391. The number of aryl methyl sites for hydroxylation is 2. The van der Waals surface area contributed by atoms with Gasteiger partial charge in [-0.3, -0.25) is 0 Å². The summed E-state index contributed by atoms with van der Waals surface area (Å²) in [5.41, 5.74) is 8.83. The summed E-state index contributed by atoms with van der Waals surface area (Å²) < 4.78 is 29.0. The number of thiophene rings is 1. The van der Waals surface area contributed by atoms with Crippen LogP contribution in [0, 0.1) is 18.6 Å². The first kappa shape index (κ1) is 18.8. The Morgan fingerprint density at radius 1 is 1.27 bits per heavy atom. The maximum Gasteiger partial charge on any atom is 0.126 e. The lowest BCUT2D eigenvalue weighted by Crippen LogP contribution is -2.30. The fourth-order valence-corrected chi connectivity index (χ4v) is 4.09. The van der Waals surface area contributed by atoms with Crippen LogP contribution in [0.2, 0.25) is 4.34 Å². The van der Waals surface area contributed by atoms with E-state index >= 15 is 0 Å². The molecule has 0 aliphatic carbocycles. The first-order chi connectivity index (χ1) is 12.4. The predicted octanol–water partition coefficient (Wildman–Crippen LogP) is 3.77. The van der Waals surface area contributed by atoms with Crippen molar-refractivity contribution in [2.24, 2.45) is 12.8 Å². The van der Waals surface area contributed by atoms with Crippen LogP contribution in [0.5, 0.6) is 0 Å². The molecule has 0 saturated heterocycles. The summed E-state index contributed by atoms with van der Waals surface area (Å²) in [6, 6.07) is 5.19. The molecule has 26 heavy (non-hydrogen) atoms. The smallest absolute Gasteiger partial charge is 0.126 e. The molecule has 1 atom stereocenters. The first-order valence-corrected chi connectivity index (χ1v) is 9.14. The molecular weight excluding hydrogens is 380 g/mol. The third-order valence-electron chi connectivity index (χ3n) is 3.97. The largest absolute Gasteiger partial charge is 0.373 e. The number of benzene rings is 1. The van der Waals surface area contributed by atoms with Gasteiger partial charge in [0, 0.05) is 31.3 Å². The number of halogens is 3. The zero-order chi connectivity index (χ0) is 18.8. The molecule has 0 unspecified atom stereocenters. The van der Waals surface area contributed by atoms with E-state index in [1.807, 2.05) is 13.0 Å². The van der Waals surface area contributed by atoms with Gasteiger partial charge in [-0.1, -0.05) is 16.8 Å². The molecule has 0 aliphatic rings. The number of aromatic nitrogens is 3. The Morgan fingerprint density at radius 3 is 2.54 bits per heavy atom. The van der Waals surface area contributed by atoms with E-state index in [0.29, 0.717) is 22.9 Å². The number of hydrogen-bond acceptors (Lipinski definition) is 5. The molecule has 2 heterocycles. The molecule has 0 saturated carbocycles. The third-order valence-corrected chi connectivity index (χ3v) is 5.26. The lowest BCUT2D eigenvalue weighted by molar-refractivity contribution is 0.577. The van der Waals surface area contributed by atoms with E-state index in [2.05, 4.69) is 15.6 Å². The molecule has 0 radical (unpaired) electrons. The van der Waals surface area contributed by atoms with E-state index < -0.39 is 11.6 Å². The normalized spacial score (nSPS) is 12.4. The van der Waals surface area contributed by atoms with Crippen molar-refractivity contribution in [1.29, 1.82) is 0 Å². The highest BCUT2D eigenvalue weighted by Gasteiger charge is 2.18. The Kier molecular flexibility index (Phi) is 5.55. The standard InChI is InChI=1S/C17H18ClF2N5S/c1-9-16(25(2)24-23-9)14-7-15(26-17(14)18)22-13(8-21)5-10-3-11(19)6-12(20)4-10/h3-4,6-7,13,22H,5,8,21H2,1-2H3/t13-/m0/s1. The molecule has 0 fully saturated rings. The van der Waals surface area contributed by atoms with Gasteiger partial charge >= 0.3 is 0 Å². The van der Waals surface area contributed by atoms with Crippen molar-refractivity contribution >= 4 is 27.9 Å². The van der Waals surface area contributed by atoms with Crippen molar-refractivity contribution in [1.82, 2.24) is 15.0 Å². The van der Waals surface area contributed by atoms with Crippen molar-refractivity contribution in [3.05, 3.63) is 51.5 Å². The highest BCUT2D eigenvalue weighted by atomic mass is 35.5. The number of nitrogens with one attached hydrogen (secondary N) is 1. The Bertz CT molecular complexity index is 884. The number of rotatable bonds is 6. The number of nitrogens with zero attached hydrogens (tertiary/aromatic N) is 3. The van der Waals surface area contributed by atoms with Crippen LogP contribution in [0.4, 0.5) is 13.8 Å². The predicted molar refractivity (Wildman–Crippen MR) is 101 cm³/mol. The Morgan fingerprint density at radius 2 is 1.96 bits per heavy atom. The molecule has 3 aromatic rings. The van der Waals surface area contributed by atoms with Crippen molar-refractivity contribution < 1.29 is 8.78 Å². The maximum absolute atomic E-state index is 13.4. The van der Waals surface area contributed by atoms with Crippen LogP contribution < -0.4 is 11.1 Å². The van der Waals surface area contributed by atoms with Gasteiger partial charge in [0.05, 0.1) is 16.4 Å². The first-order valence-electron chi connectivity index (χ1n) is 7.95. The van der Waals surface area contributed by atoms with E-state index in [1.165, 1.54) is 23.5 Å². The molecule has 0 amide bonds. The van der Waals surface area contributed by atoms with Gasteiger partial charge in [-0.15, -0.1) is 16.4 Å². The van der Waals surface area contributed by atoms with Crippen LogP contribution in [-0.4, -0.2) is 27.6 Å². The molecule has 2 aromatic heterocycles. The van der Waals surface area contributed by atoms with Gasteiger partial charge in [-0.25, -0.2) is 13.5 Å². The highest BCUT2D eigenvalue weighted by Crippen LogP contribution is 2.39. The van der Waals surface area contributed by atoms with E-state index in [0.717, 1.165) is 28.0 Å². The van der Waals surface area contributed by atoms with Crippen LogP contribution in [0.3, 0.4) is 0 Å². The van der Waals surface area contributed by atoms with Crippen molar-refractivity contribution in [2.45, 2.75) is 19.4 Å². The summed E-state index contributed by atoms with van der Waals surface area (Å²) in [6.45, 7) is 2.17. The fourth-order valence-electron chi connectivity index (χ4n) is 2.84. The number of hydrogen-bond donors (Lipinski definition) is 2. The summed E-state index contributed by atoms with van der Waals surface area (Å²) in [5, 5.41) is 12.1. The summed E-state index contributed by atoms with van der Waals surface area (Å²) in [7, 11) is 1.80. The molecule has 5 nitrogen and oxygen atoms in total. The van der Waals surface area contributed by atoms with E-state index in [4.69, 9.17) is 17.3 Å². The number of nitrogens with two attached hydrogens (primary N) is 1. The second-order valence-electron chi connectivity index (χ2n) is 6.00. The minimum atomic E-state index is -0.601. The second-order valence-corrected chi connectivity index (χ2v) is 7.66. The van der Waals surface area contributed by atoms with Crippen LogP contribution in [0.25, 0.3) is 11.3 Å². The van der Waals surface area contributed by atoms with Gasteiger partial charge in [-0.05, 0) is 37.1 Å². The van der Waals surface area contributed by atoms with Gasteiger partial charge in [0.15, 0.2) is 0 Å². The zero-order valence-electron chi connectivity index (χ0n) is 14.3.